The predicted octanol–water partition coefficient (Wildman–Crippen LogP) is 1.71. The summed E-state index contributed by atoms with van der Waals surface area (Å²) in [7, 11) is 0. The van der Waals surface area contributed by atoms with Crippen LogP contribution in [0.5, 0.6) is 0 Å². The molecule has 0 radical (unpaired) electrons. The van der Waals surface area contributed by atoms with Crippen molar-refractivity contribution in [3.63, 3.8) is 0 Å². The lowest BCUT2D eigenvalue weighted by atomic mass is 10.2. The van der Waals surface area contributed by atoms with E-state index in [1.54, 1.807) is 0 Å². The first kappa shape index (κ1) is 10.8. The lowest BCUT2D eigenvalue weighted by molar-refractivity contribution is -0.134. The number of carboxylic acid groups (broad SMARTS) is 1. The van der Waals surface area contributed by atoms with E-state index in [1.807, 2.05) is 30.3 Å². The summed E-state index contributed by atoms with van der Waals surface area (Å²) < 4.78 is 0. The van der Waals surface area contributed by atoms with Crippen molar-refractivity contribution in [1.29, 1.82) is 0 Å². The van der Waals surface area contributed by atoms with E-state index in [-0.39, 0.29) is 17.1 Å². The molecule has 0 aliphatic carbocycles. The molecule has 0 saturated heterocycles. The van der Waals surface area contributed by atoms with Gasteiger partial charge in [0.05, 0.1) is 10.8 Å². The van der Waals surface area contributed by atoms with Gasteiger partial charge in [-0.25, -0.2) is 4.79 Å². The van der Waals surface area contributed by atoms with E-state index in [1.165, 1.54) is 11.8 Å². The minimum atomic E-state index is -1.17. The predicted molar refractivity (Wildman–Crippen MR) is 62.2 cm³/mol. The van der Waals surface area contributed by atoms with Gasteiger partial charge in [0.1, 0.15) is 5.57 Å². The van der Waals surface area contributed by atoms with Crippen molar-refractivity contribution >= 4 is 29.2 Å². The van der Waals surface area contributed by atoms with Crippen molar-refractivity contribution in [3.05, 3.63) is 40.9 Å². The Morgan fingerprint density at radius 2 is 2.00 bits per heavy atom. The zero-order valence-electron chi connectivity index (χ0n) is 8.27. The average molecular weight is 235 g/mol. The Labute approximate surface area is 96.4 Å². The molecule has 0 spiro atoms. The number of nitrogens with one attached hydrogen (secondary N) is 1. The van der Waals surface area contributed by atoms with Crippen molar-refractivity contribution in [2.75, 3.05) is 11.1 Å². The summed E-state index contributed by atoms with van der Waals surface area (Å²) in [6.45, 7) is 0. The van der Waals surface area contributed by atoms with Crippen LogP contribution in [0.2, 0.25) is 0 Å². The second-order valence-corrected chi connectivity index (χ2v) is 4.20. The number of ketones is 1. The summed E-state index contributed by atoms with van der Waals surface area (Å²) in [6.07, 6.45) is 0. The number of para-hydroxylation sites is 1. The summed E-state index contributed by atoms with van der Waals surface area (Å²) in [5, 5.41) is 12.3. The molecular formula is C11H9NO3S. The van der Waals surface area contributed by atoms with E-state index < -0.39 is 5.97 Å². The van der Waals surface area contributed by atoms with Gasteiger partial charge in [-0.05, 0) is 12.1 Å². The van der Waals surface area contributed by atoms with Crippen molar-refractivity contribution < 1.29 is 14.7 Å². The minimum absolute atomic E-state index is 0.145. The molecule has 2 rings (SSSR count). The van der Waals surface area contributed by atoms with Crippen LogP contribution in [-0.2, 0) is 9.59 Å². The Morgan fingerprint density at radius 1 is 1.31 bits per heavy atom. The van der Waals surface area contributed by atoms with E-state index in [0.29, 0.717) is 5.03 Å². The molecule has 0 amide bonds. The summed E-state index contributed by atoms with van der Waals surface area (Å²) in [6, 6.07) is 9.17. The topological polar surface area (TPSA) is 66.4 Å². The fourth-order valence-corrected chi connectivity index (χ4v) is 2.33. The van der Waals surface area contributed by atoms with E-state index in [2.05, 4.69) is 5.32 Å². The average Bonchev–Trinajstić information content (AvgIpc) is 2.61. The smallest absolute Gasteiger partial charge is 0.342 e. The van der Waals surface area contributed by atoms with Crippen LogP contribution in [0, 0.1) is 0 Å². The monoisotopic (exact) mass is 235 g/mol. The normalized spacial score (nSPS) is 15.4. The second kappa shape index (κ2) is 4.40. The summed E-state index contributed by atoms with van der Waals surface area (Å²) >= 11 is 1.22. The Balaban J connectivity index is 2.27. The molecule has 1 aliphatic rings. The number of carboxylic acids is 1. The number of anilines is 1. The molecule has 4 nitrogen and oxygen atoms in total. The number of hydrogen-bond donors (Lipinski definition) is 2. The van der Waals surface area contributed by atoms with Gasteiger partial charge in [0.15, 0.2) is 5.78 Å². The number of carbonyl (C=O) groups is 2. The maximum Gasteiger partial charge on any atom is 0.342 e. The first-order valence-corrected chi connectivity index (χ1v) is 5.62. The molecule has 2 N–H and O–H groups in total. The molecule has 0 saturated carbocycles. The van der Waals surface area contributed by atoms with Crippen LogP contribution in [0.3, 0.4) is 0 Å². The maximum atomic E-state index is 11.3. The zero-order valence-corrected chi connectivity index (χ0v) is 9.08. The Bertz CT molecular complexity index is 467. The van der Waals surface area contributed by atoms with Crippen LogP contribution in [0.25, 0.3) is 0 Å². The van der Waals surface area contributed by atoms with E-state index in [4.69, 9.17) is 5.11 Å². The highest BCUT2D eigenvalue weighted by molar-refractivity contribution is 8.04. The Kier molecular flexibility index (Phi) is 2.96. The molecule has 82 valence electrons. The van der Waals surface area contributed by atoms with Gasteiger partial charge in [-0.1, -0.05) is 30.0 Å². The molecule has 1 aromatic rings. The number of thioether (sulfide) groups is 1. The Hall–Kier alpha value is -1.75. The van der Waals surface area contributed by atoms with Crippen LogP contribution in [-0.4, -0.2) is 22.6 Å². The Morgan fingerprint density at radius 3 is 2.62 bits per heavy atom. The largest absolute Gasteiger partial charge is 0.477 e. The zero-order chi connectivity index (χ0) is 11.5. The van der Waals surface area contributed by atoms with Crippen molar-refractivity contribution in [1.82, 2.24) is 0 Å². The van der Waals surface area contributed by atoms with E-state index in [9.17, 15) is 9.59 Å². The van der Waals surface area contributed by atoms with Gasteiger partial charge in [-0.2, -0.15) is 0 Å². The minimum Gasteiger partial charge on any atom is -0.477 e. The molecule has 1 aliphatic heterocycles. The van der Waals surface area contributed by atoms with Crippen LogP contribution in [0.4, 0.5) is 5.69 Å². The standard InChI is InChI=1S/C11H9NO3S/c13-8-6-16-10(9(8)11(14)15)12-7-4-2-1-3-5-7/h1-5,12H,6H2,(H,14,15). The fourth-order valence-electron chi connectivity index (χ4n) is 1.38. The SMILES string of the molecule is O=C(O)C1=C(Nc2ccccc2)SCC1=O. The number of aliphatic carboxylic acids is 1. The summed E-state index contributed by atoms with van der Waals surface area (Å²) in [4.78, 5) is 22.2. The summed E-state index contributed by atoms with van der Waals surface area (Å²) in [5.74, 6) is -1.32. The molecule has 0 bridgehead atoms. The molecule has 0 fully saturated rings. The van der Waals surface area contributed by atoms with Gasteiger partial charge in [0.25, 0.3) is 0 Å². The highest BCUT2D eigenvalue weighted by Gasteiger charge is 2.29. The second-order valence-electron chi connectivity index (χ2n) is 3.21. The molecular weight excluding hydrogens is 226 g/mol. The van der Waals surface area contributed by atoms with Gasteiger partial charge < -0.3 is 10.4 Å². The first-order chi connectivity index (χ1) is 7.68. The van der Waals surface area contributed by atoms with Gasteiger partial charge in [-0.15, -0.1) is 0 Å². The van der Waals surface area contributed by atoms with Gasteiger partial charge in [0, 0.05) is 5.69 Å². The molecule has 1 aromatic carbocycles. The van der Waals surface area contributed by atoms with Crippen LogP contribution in [0.15, 0.2) is 40.9 Å². The molecule has 0 aromatic heterocycles. The van der Waals surface area contributed by atoms with Crippen LogP contribution >= 0.6 is 11.8 Å². The van der Waals surface area contributed by atoms with Crippen LogP contribution < -0.4 is 5.32 Å². The van der Waals surface area contributed by atoms with Gasteiger partial charge in [0.2, 0.25) is 0 Å². The quantitative estimate of drug-likeness (QED) is 0.781. The van der Waals surface area contributed by atoms with Gasteiger partial charge >= 0.3 is 5.97 Å². The number of Topliss-reactive ketones (excluding diaryl/α,β-unsaturated/α-hetero) is 1. The molecule has 0 unspecified atom stereocenters. The first-order valence-electron chi connectivity index (χ1n) is 4.64. The molecule has 16 heavy (non-hydrogen) atoms. The van der Waals surface area contributed by atoms with Crippen molar-refractivity contribution in [2.24, 2.45) is 0 Å². The highest BCUT2D eigenvalue weighted by Crippen LogP contribution is 2.30. The van der Waals surface area contributed by atoms with Crippen molar-refractivity contribution in [2.45, 2.75) is 0 Å². The number of rotatable bonds is 3. The van der Waals surface area contributed by atoms with E-state index >= 15 is 0 Å². The van der Waals surface area contributed by atoms with Gasteiger partial charge in [-0.3, -0.25) is 4.79 Å². The highest BCUT2D eigenvalue weighted by atomic mass is 32.2. The summed E-state index contributed by atoms with van der Waals surface area (Å²) in [5.41, 5.74) is 0.632. The third-order valence-electron chi connectivity index (χ3n) is 2.10. The third-order valence-corrected chi connectivity index (χ3v) is 3.10. The molecule has 5 heteroatoms. The third kappa shape index (κ3) is 2.09. The number of carbonyl (C=O) groups excluding carboxylic acids is 1. The van der Waals surface area contributed by atoms with E-state index in [0.717, 1.165) is 5.69 Å². The molecule has 1 heterocycles. The molecule has 0 atom stereocenters. The number of hydrogen-bond acceptors (Lipinski definition) is 4. The fraction of sp³-hybridized carbons (Fsp3) is 0.0909. The lowest BCUT2D eigenvalue weighted by Gasteiger charge is -2.06. The maximum absolute atomic E-state index is 11.3. The number of benzene rings is 1. The van der Waals surface area contributed by atoms with Crippen LogP contribution in [0.1, 0.15) is 0 Å². The lowest BCUT2D eigenvalue weighted by Crippen LogP contribution is -2.12. The van der Waals surface area contributed by atoms with Crippen molar-refractivity contribution in [3.8, 4) is 0 Å².